The third-order valence-electron chi connectivity index (χ3n) is 2.52. The van der Waals surface area contributed by atoms with Crippen LogP contribution in [0.15, 0.2) is 0 Å². The number of amides is 1. The molecule has 1 amide bonds. The molecule has 0 bridgehead atoms. The number of carbonyl (C=O) groups excluding carboxylic acids is 1. The number of hydrogen-bond acceptors (Lipinski definition) is 4. The molecule has 2 unspecified atom stereocenters. The summed E-state index contributed by atoms with van der Waals surface area (Å²) in [6.07, 6.45) is 0.359. The summed E-state index contributed by atoms with van der Waals surface area (Å²) in [5.41, 5.74) is 0. The maximum Gasteiger partial charge on any atom is 0.327 e. The van der Waals surface area contributed by atoms with E-state index >= 15 is 0 Å². The second kappa shape index (κ2) is 6.10. The molecule has 92 valence electrons. The lowest BCUT2D eigenvalue weighted by Crippen LogP contribution is -2.44. The molecule has 0 aromatic rings. The lowest BCUT2D eigenvalue weighted by Gasteiger charge is -2.22. The minimum Gasteiger partial charge on any atom is -0.480 e. The Morgan fingerprint density at radius 1 is 1.62 bits per heavy atom. The first-order valence-corrected chi connectivity index (χ1v) is 6.55. The lowest BCUT2D eigenvalue weighted by atomic mass is 10.2. The Bertz CT molecular complexity index is 273. The Labute approximate surface area is 99.6 Å². The number of carboxylic acids is 1. The van der Waals surface area contributed by atoms with Crippen molar-refractivity contribution in [2.24, 2.45) is 0 Å². The number of nitrogens with one attached hydrogen (secondary N) is 1. The van der Waals surface area contributed by atoms with Crippen LogP contribution in [0.5, 0.6) is 0 Å². The largest absolute Gasteiger partial charge is 0.480 e. The molecule has 2 N–H and O–H groups in total. The summed E-state index contributed by atoms with van der Waals surface area (Å²) in [4.78, 5) is 24.2. The van der Waals surface area contributed by atoms with Crippen molar-refractivity contribution in [3.63, 3.8) is 0 Å². The van der Waals surface area contributed by atoms with Gasteiger partial charge in [-0.25, -0.2) is 4.79 Å². The highest BCUT2D eigenvalue weighted by molar-refractivity contribution is 7.99. The second-order valence-corrected chi connectivity index (χ2v) is 4.88. The predicted molar refractivity (Wildman–Crippen MR) is 63.4 cm³/mol. The van der Waals surface area contributed by atoms with Gasteiger partial charge in [0.15, 0.2) is 0 Å². The van der Waals surface area contributed by atoms with E-state index in [1.165, 1.54) is 16.7 Å². The smallest absolute Gasteiger partial charge is 0.327 e. The Balaban J connectivity index is 2.49. The predicted octanol–water partition coefficient (Wildman–Crippen LogP) is 0.361. The quantitative estimate of drug-likeness (QED) is 0.733. The van der Waals surface area contributed by atoms with Gasteiger partial charge >= 0.3 is 5.97 Å². The second-order valence-electron chi connectivity index (χ2n) is 3.88. The summed E-state index contributed by atoms with van der Waals surface area (Å²) in [5.74, 6) is 0.00554. The summed E-state index contributed by atoms with van der Waals surface area (Å²) in [5, 5.41) is 12.1. The van der Waals surface area contributed by atoms with Crippen molar-refractivity contribution in [1.29, 1.82) is 0 Å². The van der Waals surface area contributed by atoms with Crippen LogP contribution in [0.3, 0.4) is 0 Å². The maximum atomic E-state index is 11.9. The van der Waals surface area contributed by atoms with Crippen LogP contribution in [-0.2, 0) is 9.59 Å². The van der Waals surface area contributed by atoms with Gasteiger partial charge in [-0.1, -0.05) is 6.92 Å². The van der Waals surface area contributed by atoms with Gasteiger partial charge in [-0.15, -0.1) is 11.8 Å². The van der Waals surface area contributed by atoms with Gasteiger partial charge in [-0.05, 0) is 13.5 Å². The monoisotopic (exact) mass is 246 g/mol. The van der Waals surface area contributed by atoms with Crippen molar-refractivity contribution in [3.05, 3.63) is 0 Å². The zero-order valence-corrected chi connectivity index (χ0v) is 10.4. The van der Waals surface area contributed by atoms with Crippen LogP contribution in [0, 0.1) is 0 Å². The summed E-state index contributed by atoms with van der Waals surface area (Å²) in [7, 11) is 0. The van der Waals surface area contributed by atoms with Crippen LogP contribution in [0.1, 0.15) is 20.3 Å². The molecular weight excluding hydrogens is 228 g/mol. The van der Waals surface area contributed by atoms with E-state index in [0.717, 1.165) is 6.54 Å². The molecule has 0 saturated carbocycles. The fraction of sp³-hybridized carbons (Fsp3) is 0.800. The van der Waals surface area contributed by atoms with Crippen molar-refractivity contribution in [3.8, 4) is 0 Å². The van der Waals surface area contributed by atoms with Crippen molar-refractivity contribution >= 4 is 23.6 Å². The van der Waals surface area contributed by atoms with E-state index in [-0.39, 0.29) is 11.9 Å². The van der Waals surface area contributed by atoms with E-state index in [2.05, 4.69) is 5.32 Å². The first-order chi connectivity index (χ1) is 7.56. The van der Waals surface area contributed by atoms with E-state index in [1.54, 1.807) is 0 Å². The van der Waals surface area contributed by atoms with E-state index in [9.17, 15) is 9.59 Å². The highest BCUT2D eigenvalue weighted by Gasteiger charge is 2.34. The molecule has 0 aromatic heterocycles. The van der Waals surface area contributed by atoms with Crippen molar-refractivity contribution in [2.45, 2.75) is 32.4 Å². The first-order valence-electron chi connectivity index (χ1n) is 5.39. The summed E-state index contributed by atoms with van der Waals surface area (Å²) in [6, 6.07) is -0.552. The molecule has 5 nitrogen and oxygen atoms in total. The number of nitrogens with zero attached hydrogens (tertiary/aromatic N) is 1. The highest BCUT2D eigenvalue weighted by atomic mass is 32.2. The van der Waals surface area contributed by atoms with Crippen molar-refractivity contribution in [2.75, 3.05) is 18.2 Å². The summed E-state index contributed by atoms with van der Waals surface area (Å²) < 4.78 is 0. The number of rotatable bonds is 5. The number of hydrogen-bond donors (Lipinski definition) is 2. The van der Waals surface area contributed by atoms with Crippen molar-refractivity contribution < 1.29 is 14.7 Å². The summed E-state index contributed by atoms with van der Waals surface area (Å²) >= 11 is 1.49. The van der Waals surface area contributed by atoms with Crippen LogP contribution in [0.2, 0.25) is 0 Å². The molecule has 2 atom stereocenters. The zero-order chi connectivity index (χ0) is 12.1. The molecule has 0 aliphatic carbocycles. The number of carbonyl (C=O) groups is 2. The molecular formula is C10H18N2O3S. The fourth-order valence-corrected chi connectivity index (χ4v) is 2.86. The van der Waals surface area contributed by atoms with Crippen LogP contribution in [0.4, 0.5) is 0 Å². The van der Waals surface area contributed by atoms with Gasteiger partial charge in [0.05, 0.1) is 5.88 Å². The van der Waals surface area contributed by atoms with Crippen LogP contribution >= 0.6 is 11.8 Å². The Hall–Kier alpha value is -0.750. The minimum atomic E-state index is -0.908. The van der Waals surface area contributed by atoms with Crippen LogP contribution in [0.25, 0.3) is 0 Å². The molecule has 0 radical (unpaired) electrons. The topological polar surface area (TPSA) is 69.6 Å². The van der Waals surface area contributed by atoms with Crippen molar-refractivity contribution in [1.82, 2.24) is 10.2 Å². The molecule has 16 heavy (non-hydrogen) atoms. The lowest BCUT2D eigenvalue weighted by molar-refractivity contribution is -0.147. The molecule has 6 heteroatoms. The molecule has 1 saturated heterocycles. The SMILES string of the molecule is CCNC(C)CC(=O)N1CSCC1C(=O)O. The standard InChI is InChI=1S/C10H18N2O3S/c1-3-11-7(2)4-9(13)12-6-16-5-8(12)10(14)15/h7-8,11H,3-6H2,1-2H3,(H,14,15). The van der Waals surface area contributed by atoms with Crippen LogP contribution < -0.4 is 5.32 Å². The van der Waals surface area contributed by atoms with Gasteiger partial charge in [-0.3, -0.25) is 4.79 Å². The van der Waals surface area contributed by atoms with Gasteiger partial charge in [0.2, 0.25) is 5.91 Å². The van der Waals surface area contributed by atoms with Gasteiger partial charge in [0, 0.05) is 18.2 Å². The molecule has 1 fully saturated rings. The van der Waals surface area contributed by atoms with Gasteiger partial charge in [0.1, 0.15) is 6.04 Å². The van der Waals surface area contributed by atoms with Gasteiger partial charge in [0.25, 0.3) is 0 Å². The highest BCUT2D eigenvalue weighted by Crippen LogP contribution is 2.22. The Kier molecular flexibility index (Phi) is 5.08. The van der Waals surface area contributed by atoms with E-state index in [0.29, 0.717) is 18.1 Å². The minimum absolute atomic E-state index is 0.0779. The molecule has 1 heterocycles. The summed E-state index contributed by atoms with van der Waals surface area (Å²) in [6.45, 7) is 4.72. The average Bonchev–Trinajstić information content (AvgIpc) is 2.65. The maximum absolute atomic E-state index is 11.9. The van der Waals surface area contributed by atoms with Crippen LogP contribution in [-0.4, -0.2) is 52.1 Å². The third-order valence-corrected chi connectivity index (χ3v) is 3.53. The third kappa shape index (κ3) is 3.38. The zero-order valence-electron chi connectivity index (χ0n) is 9.60. The van der Waals surface area contributed by atoms with E-state index in [4.69, 9.17) is 5.11 Å². The molecule has 0 spiro atoms. The number of carboxylic acid groups (broad SMARTS) is 1. The average molecular weight is 246 g/mol. The molecule has 1 aliphatic heterocycles. The van der Waals surface area contributed by atoms with E-state index < -0.39 is 12.0 Å². The Morgan fingerprint density at radius 3 is 2.88 bits per heavy atom. The molecule has 0 aromatic carbocycles. The van der Waals surface area contributed by atoms with E-state index in [1.807, 2.05) is 13.8 Å². The molecule has 1 rings (SSSR count). The molecule has 1 aliphatic rings. The first kappa shape index (κ1) is 13.3. The van der Waals surface area contributed by atoms with Gasteiger partial charge < -0.3 is 15.3 Å². The number of thioether (sulfide) groups is 1. The van der Waals surface area contributed by atoms with Gasteiger partial charge in [-0.2, -0.15) is 0 Å². The number of aliphatic carboxylic acids is 1. The fourth-order valence-electron chi connectivity index (χ4n) is 1.69. The Morgan fingerprint density at radius 2 is 2.31 bits per heavy atom. The normalized spacial score (nSPS) is 22.1.